The summed E-state index contributed by atoms with van der Waals surface area (Å²) in [7, 11) is 0. The molecule has 0 aliphatic heterocycles. The second-order valence-electron chi connectivity index (χ2n) is 5.00. The molecule has 0 heterocycles. The Morgan fingerprint density at radius 1 is 0.800 bits per heavy atom. The molecular weight excluding hydrogens is 180 g/mol. The molecule has 0 aromatic carbocycles. The summed E-state index contributed by atoms with van der Waals surface area (Å²) < 4.78 is 0. The monoisotopic (exact) mass is 211 g/mol. The van der Waals surface area contributed by atoms with Crippen molar-refractivity contribution in [2.45, 2.75) is 79.1 Å². The molecule has 0 aliphatic rings. The summed E-state index contributed by atoms with van der Waals surface area (Å²) in [5.41, 5.74) is 0. The Balaban J connectivity index is 3.70. The molecule has 91 valence electrons. The molecule has 0 nitrogen and oxygen atoms in total. The van der Waals surface area contributed by atoms with E-state index in [0.717, 1.165) is 11.8 Å². The van der Waals surface area contributed by atoms with E-state index in [-0.39, 0.29) is 0 Å². The van der Waals surface area contributed by atoms with Crippen molar-refractivity contribution in [1.82, 2.24) is 0 Å². The van der Waals surface area contributed by atoms with E-state index in [1.807, 2.05) is 0 Å². The summed E-state index contributed by atoms with van der Waals surface area (Å²) >= 11 is 0. The van der Waals surface area contributed by atoms with Crippen molar-refractivity contribution in [2.75, 3.05) is 0 Å². The fraction of sp³-hybridized carbons (Fsp3) is 0.933. The van der Waals surface area contributed by atoms with E-state index < -0.39 is 0 Å². The summed E-state index contributed by atoms with van der Waals surface area (Å²) in [6.45, 7) is 9.27. The summed E-state index contributed by atoms with van der Waals surface area (Å²) in [6.07, 6.45) is 13.7. The van der Waals surface area contributed by atoms with Gasteiger partial charge in [-0.1, -0.05) is 79.1 Å². The number of hydrogen-bond donors (Lipinski definition) is 0. The Labute approximate surface area is 97.8 Å². The minimum atomic E-state index is 0.827. The maximum Gasteiger partial charge on any atom is -0.0326 e. The van der Waals surface area contributed by atoms with Crippen molar-refractivity contribution < 1.29 is 0 Å². The highest BCUT2D eigenvalue weighted by Gasteiger charge is 2.11. The molecule has 0 heteroatoms. The van der Waals surface area contributed by atoms with Crippen LogP contribution in [0.15, 0.2) is 0 Å². The predicted molar refractivity (Wildman–Crippen MR) is 70.9 cm³/mol. The van der Waals surface area contributed by atoms with Gasteiger partial charge >= 0.3 is 0 Å². The van der Waals surface area contributed by atoms with Gasteiger partial charge in [0.15, 0.2) is 0 Å². The highest BCUT2D eigenvalue weighted by molar-refractivity contribution is 4.81. The lowest BCUT2D eigenvalue weighted by atomic mass is 9.86. The van der Waals surface area contributed by atoms with Crippen molar-refractivity contribution in [3.63, 3.8) is 0 Å². The number of unbranched alkanes of at least 4 members (excludes halogenated alkanes) is 2. The predicted octanol–water partition coefficient (Wildman–Crippen LogP) is 5.62. The number of hydrogen-bond acceptors (Lipinski definition) is 0. The Kier molecular flexibility index (Phi) is 10.5. The molecular formula is C15H31. The van der Waals surface area contributed by atoms with Gasteiger partial charge in [0.1, 0.15) is 0 Å². The molecule has 0 saturated heterocycles. The molecule has 0 fully saturated rings. The van der Waals surface area contributed by atoms with Crippen LogP contribution in [0.3, 0.4) is 0 Å². The van der Waals surface area contributed by atoms with Gasteiger partial charge in [0.05, 0.1) is 0 Å². The molecule has 0 spiro atoms. The van der Waals surface area contributed by atoms with Crippen molar-refractivity contribution in [3.05, 3.63) is 6.42 Å². The summed E-state index contributed by atoms with van der Waals surface area (Å²) in [6, 6.07) is 0. The fourth-order valence-corrected chi connectivity index (χ4v) is 2.38. The van der Waals surface area contributed by atoms with Crippen LogP contribution >= 0.6 is 0 Å². The molecule has 2 unspecified atom stereocenters. The van der Waals surface area contributed by atoms with Crippen LogP contribution in [-0.2, 0) is 0 Å². The highest BCUT2D eigenvalue weighted by atomic mass is 14.2. The zero-order valence-corrected chi connectivity index (χ0v) is 11.4. The van der Waals surface area contributed by atoms with E-state index in [9.17, 15) is 0 Å². The van der Waals surface area contributed by atoms with Gasteiger partial charge < -0.3 is 0 Å². The molecule has 0 amide bonds. The molecule has 0 rings (SSSR count). The Morgan fingerprint density at radius 3 is 2.00 bits per heavy atom. The first-order valence-electron chi connectivity index (χ1n) is 7.09. The maximum atomic E-state index is 2.63. The minimum absolute atomic E-state index is 0.827. The minimum Gasteiger partial charge on any atom is -0.0654 e. The van der Waals surface area contributed by atoms with Crippen LogP contribution in [0.4, 0.5) is 0 Å². The van der Waals surface area contributed by atoms with E-state index >= 15 is 0 Å². The molecule has 0 aliphatic carbocycles. The summed E-state index contributed by atoms with van der Waals surface area (Å²) in [5, 5.41) is 0. The standard InChI is InChI=1S/C15H31/c1-5-8-9-12-15(11-7-3)13-14(4)10-6-2/h13-15H,5-12H2,1-4H3. The number of rotatable bonds is 10. The molecule has 2 atom stereocenters. The fourth-order valence-electron chi connectivity index (χ4n) is 2.38. The Bertz CT molecular complexity index is 117. The lowest BCUT2D eigenvalue weighted by molar-refractivity contribution is 0.418. The van der Waals surface area contributed by atoms with E-state index in [1.54, 1.807) is 0 Å². The van der Waals surface area contributed by atoms with Crippen LogP contribution in [0.5, 0.6) is 0 Å². The van der Waals surface area contributed by atoms with Gasteiger partial charge in [-0.05, 0) is 18.3 Å². The molecule has 0 saturated carbocycles. The second-order valence-corrected chi connectivity index (χ2v) is 5.00. The third kappa shape index (κ3) is 8.96. The molecule has 0 aromatic heterocycles. The van der Waals surface area contributed by atoms with Crippen LogP contribution in [0.1, 0.15) is 79.1 Å². The zero-order valence-electron chi connectivity index (χ0n) is 11.4. The molecule has 15 heavy (non-hydrogen) atoms. The second kappa shape index (κ2) is 10.5. The first-order valence-corrected chi connectivity index (χ1v) is 7.09. The molecule has 0 N–H and O–H groups in total. The van der Waals surface area contributed by atoms with Crippen molar-refractivity contribution in [2.24, 2.45) is 11.8 Å². The van der Waals surface area contributed by atoms with Gasteiger partial charge in [0, 0.05) is 0 Å². The van der Waals surface area contributed by atoms with Gasteiger partial charge in [-0.15, -0.1) is 0 Å². The van der Waals surface area contributed by atoms with Gasteiger partial charge in [-0.25, -0.2) is 0 Å². The SMILES string of the molecule is CCCCCC([CH]C(C)CCC)CCC. The average Bonchev–Trinajstić information content (AvgIpc) is 2.18. The van der Waals surface area contributed by atoms with Crippen molar-refractivity contribution in [3.8, 4) is 0 Å². The van der Waals surface area contributed by atoms with E-state index in [4.69, 9.17) is 0 Å². The van der Waals surface area contributed by atoms with Crippen LogP contribution in [-0.4, -0.2) is 0 Å². The van der Waals surface area contributed by atoms with Crippen LogP contribution in [0.2, 0.25) is 0 Å². The normalized spacial score (nSPS) is 15.2. The first kappa shape index (κ1) is 15.0. The van der Waals surface area contributed by atoms with Crippen LogP contribution in [0, 0.1) is 18.3 Å². The first-order chi connectivity index (χ1) is 7.24. The van der Waals surface area contributed by atoms with Gasteiger partial charge in [-0.2, -0.15) is 0 Å². The van der Waals surface area contributed by atoms with Gasteiger partial charge in [-0.3, -0.25) is 0 Å². The largest absolute Gasteiger partial charge is 0.0654 e. The van der Waals surface area contributed by atoms with Gasteiger partial charge in [0.2, 0.25) is 0 Å². The van der Waals surface area contributed by atoms with E-state index in [0.29, 0.717) is 0 Å². The molecule has 0 aromatic rings. The zero-order chi connectivity index (χ0) is 11.5. The maximum absolute atomic E-state index is 2.63. The smallest absolute Gasteiger partial charge is 0.0326 e. The lowest BCUT2D eigenvalue weighted by Crippen LogP contribution is -2.08. The van der Waals surface area contributed by atoms with Crippen LogP contribution < -0.4 is 0 Å². The van der Waals surface area contributed by atoms with E-state index in [1.165, 1.54) is 51.4 Å². The summed E-state index contributed by atoms with van der Waals surface area (Å²) in [4.78, 5) is 0. The quantitative estimate of drug-likeness (QED) is 0.411. The van der Waals surface area contributed by atoms with Crippen molar-refractivity contribution >= 4 is 0 Å². The van der Waals surface area contributed by atoms with Crippen LogP contribution in [0.25, 0.3) is 0 Å². The Morgan fingerprint density at radius 2 is 1.47 bits per heavy atom. The summed E-state index contributed by atoms with van der Waals surface area (Å²) in [5.74, 6) is 1.72. The Hall–Kier alpha value is 0. The molecule has 1 radical (unpaired) electrons. The molecule has 0 bridgehead atoms. The van der Waals surface area contributed by atoms with E-state index in [2.05, 4.69) is 34.1 Å². The van der Waals surface area contributed by atoms with Gasteiger partial charge in [0.25, 0.3) is 0 Å². The third-order valence-electron chi connectivity index (χ3n) is 3.18. The van der Waals surface area contributed by atoms with Crippen molar-refractivity contribution in [1.29, 1.82) is 0 Å². The highest BCUT2D eigenvalue weighted by Crippen LogP contribution is 2.24. The lowest BCUT2D eigenvalue weighted by Gasteiger charge is -2.19. The average molecular weight is 211 g/mol. The topological polar surface area (TPSA) is 0 Å². The third-order valence-corrected chi connectivity index (χ3v) is 3.18.